The molecule has 0 unspecified atom stereocenters. The summed E-state index contributed by atoms with van der Waals surface area (Å²) in [6.07, 6.45) is 3.20. The van der Waals surface area contributed by atoms with Gasteiger partial charge in [0.1, 0.15) is 5.01 Å². The highest BCUT2D eigenvalue weighted by Crippen LogP contribution is 2.29. The topological polar surface area (TPSA) is 89.3 Å². The number of rotatable bonds is 3. The van der Waals surface area contributed by atoms with E-state index in [1.165, 1.54) is 0 Å². The standard InChI is InChI=1S/C20H21N5O3S/c1-24-16-10-13(18-21-6-9-29-18)2-3-14(16)17(23-24)19(26)28-20(27)22-15-11-25-7-4-12(15)5-8-25/h2-3,6,9-10,12,15H,4-5,7-8,11H2,1H3,(H,22,27)/t15-/m0/s1. The van der Waals surface area contributed by atoms with Crippen LogP contribution in [0.3, 0.4) is 0 Å². The van der Waals surface area contributed by atoms with Gasteiger partial charge in [0.25, 0.3) is 0 Å². The van der Waals surface area contributed by atoms with Gasteiger partial charge in [-0.1, -0.05) is 6.07 Å². The summed E-state index contributed by atoms with van der Waals surface area (Å²) in [5.41, 5.74) is 1.87. The van der Waals surface area contributed by atoms with Crippen molar-refractivity contribution in [2.24, 2.45) is 13.0 Å². The summed E-state index contributed by atoms with van der Waals surface area (Å²) < 4.78 is 6.70. The third-order valence-corrected chi connectivity index (χ3v) is 6.69. The number of nitrogens with zero attached hydrogens (tertiary/aromatic N) is 4. The van der Waals surface area contributed by atoms with E-state index in [0.717, 1.165) is 48.6 Å². The van der Waals surface area contributed by atoms with E-state index >= 15 is 0 Å². The summed E-state index contributed by atoms with van der Waals surface area (Å²) in [5, 5.41) is 10.6. The molecule has 3 fully saturated rings. The molecule has 1 N–H and O–H groups in total. The summed E-state index contributed by atoms with van der Waals surface area (Å²) in [5.74, 6) is -0.279. The third kappa shape index (κ3) is 3.40. The Kier molecular flexibility index (Phi) is 4.56. The smallest absolute Gasteiger partial charge is 0.371 e. The zero-order chi connectivity index (χ0) is 20.0. The van der Waals surface area contributed by atoms with Crippen LogP contribution in [0.4, 0.5) is 4.79 Å². The number of hydrogen-bond acceptors (Lipinski definition) is 7. The second-order valence-electron chi connectivity index (χ2n) is 7.61. The number of thiazole rings is 1. The third-order valence-electron chi connectivity index (χ3n) is 5.87. The minimum Gasteiger partial charge on any atom is -0.371 e. The largest absolute Gasteiger partial charge is 0.415 e. The molecule has 3 aliphatic rings. The molecule has 3 saturated heterocycles. The van der Waals surface area contributed by atoms with E-state index in [2.05, 4.69) is 20.3 Å². The van der Waals surface area contributed by atoms with E-state index in [1.54, 1.807) is 29.3 Å². The first kappa shape index (κ1) is 18.3. The predicted molar refractivity (Wildman–Crippen MR) is 109 cm³/mol. The maximum Gasteiger partial charge on any atom is 0.415 e. The number of amides is 1. The van der Waals surface area contributed by atoms with Crippen molar-refractivity contribution in [3.05, 3.63) is 35.5 Å². The van der Waals surface area contributed by atoms with Crippen molar-refractivity contribution < 1.29 is 14.3 Å². The van der Waals surface area contributed by atoms with Crippen molar-refractivity contribution in [1.82, 2.24) is 25.0 Å². The molecule has 150 valence electrons. The van der Waals surface area contributed by atoms with Crippen LogP contribution in [-0.2, 0) is 11.8 Å². The molecule has 5 heterocycles. The summed E-state index contributed by atoms with van der Waals surface area (Å²) >= 11 is 1.54. The Labute approximate surface area is 171 Å². The molecule has 0 spiro atoms. The Morgan fingerprint density at radius 3 is 2.79 bits per heavy atom. The first-order chi connectivity index (χ1) is 14.1. The number of carbonyl (C=O) groups is 2. The van der Waals surface area contributed by atoms with Gasteiger partial charge in [0.15, 0.2) is 5.69 Å². The van der Waals surface area contributed by atoms with Gasteiger partial charge in [0.05, 0.1) is 5.52 Å². The molecule has 1 aromatic carbocycles. The first-order valence-electron chi connectivity index (χ1n) is 9.70. The summed E-state index contributed by atoms with van der Waals surface area (Å²) in [6.45, 7) is 2.99. The molecule has 2 bridgehead atoms. The van der Waals surface area contributed by atoms with Crippen LogP contribution in [0.25, 0.3) is 21.5 Å². The van der Waals surface area contributed by atoms with Crippen LogP contribution >= 0.6 is 11.3 Å². The molecule has 1 amide bonds. The molecule has 0 radical (unpaired) electrons. The second-order valence-corrected chi connectivity index (χ2v) is 8.50. The number of benzene rings is 1. The molecule has 3 aliphatic heterocycles. The maximum atomic E-state index is 12.6. The van der Waals surface area contributed by atoms with Crippen molar-refractivity contribution in [3.8, 4) is 10.6 Å². The first-order valence-corrected chi connectivity index (χ1v) is 10.6. The SMILES string of the molecule is Cn1nc(C(=O)OC(=O)N[C@H]2CN3CCC2CC3)c2ccc(-c3nccs3)cc21. The molecule has 29 heavy (non-hydrogen) atoms. The summed E-state index contributed by atoms with van der Waals surface area (Å²) in [7, 11) is 1.76. The monoisotopic (exact) mass is 411 g/mol. The van der Waals surface area contributed by atoms with E-state index in [-0.39, 0.29) is 11.7 Å². The molecule has 6 rings (SSSR count). The predicted octanol–water partition coefficient (Wildman–Crippen LogP) is 2.66. The molecule has 1 atom stereocenters. The van der Waals surface area contributed by atoms with Gasteiger partial charge in [-0.05, 0) is 44.0 Å². The summed E-state index contributed by atoms with van der Waals surface area (Å²) in [6, 6.07) is 5.69. The van der Waals surface area contributed by atoms with E-state index in [4.69, 9.17) is 4.74 Å². The van der Waals surface area contributed by atoms with Gasteiger partial charge < -0.3 is 15.0 Å². The van der Waals surface area contributed by atoms with Gasteiger partial charge in [-0.25, -0.2) is 14.6 Å². The van der Waals surface area contributed by atoms with Crippen LogP contribution in [0, 0.1) is 5.92 Å². The quantitative estimate of drug-likeness (QED) is 0.527. The van der Waals surface area contributed by atoms with Crippen LogP contribution in [0.15, 0.2) is 29.8 Å². The average molecular weight is 411 g/mol. The molecule has 0 saturated carbocycles. The van der Waals surface area contributed by atoms with Crippen LogP contribution in [-0.4, -0.2) is 57.4 Å². The van der Waals surface area contributed by atoms with E-state index in [1.807, 2.05) is 23.6 Å². The van der Waals surface area contributed by atoms with E-state index in [9.17, 15) is 9.59 Å². The maximum absolute atomic E-state index is 12.6. The molecule has 0 aliphatic carbocycles. The fraction of sp³-hybridized carbons (Fsp3) is 0.400. The number of esters is 1. The zero-order valence-corrected chi connectivity index (χ0v) is 16.8. The Balaban J connectivity index is 1.32. The fourth-order valence-electron chi connectivity index (χ4n) is 4.35. The number of hydrogen-bond donors (Lipinski definition) is 1. The number of alkyl carbamates (subject to hydrolysis) is 1. The van der Waals surface area contributed by atoms with Crippen molar-refractivity contribution in [3.63, 3.8) is 0 Å². The molecule has 3 aromatic rings. The van der Waals surface area contributed by atoms with E-state index in [0.29, 0.717) is 11.3 Å². The Morgan fingerprint density at radius 2 is 2.10 bits per heavy atom. The van der Waals surface area contributed by atoms with Crippen LogP contribution in [0.5, 0.6) is 0 Å². The lowest BCUT2D eigenvalue weighted by Gasteiger charge is -2.44. The van der Waals surface area contributed by atoms with Gasteiger partial charge >= 0.3 is 12.1 Å². The average Bonchev–Trinajstić information content (AvgIpc) is 3.37. The highest BCUT2D eigenvalue weighted by Gasteiger charge is 2.35. The second kappa shape index (κ2) is 7.23. The molecular formula is C20H21N5O3S. The Morgan fingerprint density at radius 1 is 1.28 bits per heavy atom. The number of fused-ring (bicyclic) bond motifs is 4. The van der Waals surface area contributed by atoms with Gasteiger partial charge in [-0.2, -0.15) is 5.10 Å². The number of ether oxygens (including phenoxy) is 1. The number of carbonyl (C=O) groups excluding carboxylic acids is 2. The van der Waals surface area contributed by atoms with Gasteiger partial charge in [-0.15, -0.1) is 11.3 Å². The minimum absolute atomic E-state index is 0.0409. The van der Waals surface area contributed by atoms with Crippen LogP contribution in [0.2, 0.25) is 0 Å². The molecule has 8 nitrogen and oxygen atoms in total. The van der Waals surface area contributed by atoms with Crippen molar-refractivity contribution in [2.45, 2.75) is 18.9 Å². The van der Waals surface area contributed by atoms with Gasteiger partial charge in [0.2, 0.25) is 0 Å². The van der Waals surface area contributed by atoms with Crippen molar-refractivity contribution >= 4 is 34.3 Å². The normalized spacial score (nSPS) is 23.3. The van der Waals surface area contributed by atoms with Crippen LogP contribution in [0.1, 0.15) is 23.3 Å². The number of piperidine rings is 3. The lowest BCUT2D eigenvalue weighted by molar-refractivity contribution is 0.0519. The highest BCUT2D eigenvalue weighted by atomic mass is 32.1. The lowest BCUT2D eigenvalue weighted by Crippen LogP contribution is -2.57. The molecule has 9 heteroatoms. The highest BCUT2D eigenvalue weighted by molar-refractivity contribution is 7.13. The number of aryl methyl sites for hydroxylation is 1. The van der Waals surface area contributed by atoms with Gasteiger partial charge in [0, 0.05) is 42.2 Å². The number of nitrogens with one attached hydrogen (secondary N) is 1. The van der Waals surface area contributed by atoms with Gasteiger partial charge in [-0.3, -0.25) is 4.68 Å². The van der Waals surface area contributed by atoms with E-state index < -0.39 is 12.1 Å². The Hall–Kier alpha value is -2.78. The van der Waals surface area contributed by atoms with Crippen molar-refractivity contribution in [2.75, 3.05) is 19.6 Å². The molecular weight excluding hydrogens is 390 g/mol. The van der Waals surface area contributed by atoms with Crippen molar-refractivity contribution in [1.29, 1.82) is 0 Å². The Bertz CT molecular complexity index is 1070. The lowest BCUT2D eigenvalue weighted by atomic mass is 9.84. The minimum atomic E-state index is -0.739. The van der Waals surface area contributed by atoms with Crippen LogP contribution < -0.4 is 5.32 Å². The number of aromatic nitrogens is 3. The molecule has 2 aromatic heterocycles. The fourth-order valence-corrected chi connectivity index (χ4v) is 4.98. The zero-order valence-electron chi connectivity index (χ0n) is 16.0. The summed E-state index contributed by atoms with van der Waals surface area (Å²) in [4.78, 5) is 31.6.